The van der Waals surface area contributed by atoms with Gasteiger partial charge in [-0.05, 0) is 25.5 Å². The summed E-state index contributed by atoms with van der Waals surface area (Å²) >= 11 is 0. The second kappa shape index (κ2) is 12.2. The number of hydrogen-bond donors (Lipinski definition) is 2. The molecule has 0 amide bonds. The summed E-state index contributed by atoms with van der Waals surface area (Å²) in [6, 6.07) is 19.0. The van der Waals surface area contributed by atoms with Crippen molar-refractivity contribution in [2.75, 3.05) is 46.0 Å². The monoisotopic (exact) mass is 410 g/mol. The Labute approximate surface area is 180 Å². The summed E-state index contributed by atoms with van der Waals surface area (Å²) in [6.45, 7) is 10.3. The Morgan fingerprint density at radius 2 is 1.77 bits per heavy atom. The van der Waals surface area contributed by atoms with Crippen LogP contribution in [0, 0.1) is 0 Å². The number of aliphatic imine (C=N–C) groups is 1. The maximum absolute atomic E-state index is 5.74. The highest BCUT2D eigenvalue weighted by molar-refractivity contribution is 5.79. The molecule has 0 spiro atoms. The summed E-state index contributed by atoms with van der Waals surface area (Å²) in [4.78, 5) is 7.29. The minimum Gasteiger partial charge on any atom is -0.494 e. The van der Waals surface area contributed by atoms with Crippen LogP contribution in [0.25, 0.3) is 0 Å². The van der Waals surface area contributed by atoms with Crippen LogP contribution < -0.4 is 15.4 Å². The number of rotatable bonds is 9. The average molecular weight is 411 g/mol. The molecule has 3 rings (SSSR count). The van der Waals surface area contributed by atoms with Crippen molar-refractivity contribution in [1.82, 2.24) is 15.5 Å². The van der Waals surface area contributed by atoms with Crippen molar-refractivity contribution in [3.8, 4) is 5.75 Å². The zero-order valence-electron chi connectivity index (χ0n) is 18.1. The van der Waals surface area contributed by atoms with Crippen LogP contribution in [0.1, 0.15) is 31.0 Å². The Bertz CT molecular complexity index is 776. The first-order valence-electron chi connectivity index (χ1n) is 10.9. The first-order chi connectivity index (χ1) is 14.8. The number of morpholine rings is 1. The number of para-hydroxylation sites is 1. The van der Waals surface area contributed by atoms with Gasteiger partial charge in [-0.2, -0.15) is 0 Å². The van der Waals surface area contributed by atoms with Crippen LogP contribution in [0.2, 0.25) is 0 Å². The summed E-state index contributed by atoms with van der Waals surface area (Å²) < 4.78 is 11.3. The quantitative estimate of drug-likeness (QED) is 0.491. The first kappa shape index (κ1) is 22.1. The topological polar surface area (TPSA) is 58.1 Å². The van der Waals surface area contributed by atoms with Gasteiger partial charge in [-0.3, -0.25) is 4.90 Å². The fraction of sp³-hybridized carbons (Fsp3) is 0.458. The second-order valence-corrected chi connectivity index (χ2v) is 7.19. The predicted octanol–water partition coefficient (Wildman–Crippen LogP) is 3.21. The first-order valence-corrected chi connectivity index (χ1v) is 10.9. The van der Waals surface area contributed by atoms with E-state index in [2.05, 4.69) is 58.9 Å². The van der Waals surface area contributed by atoms with Crippen molar-refractivity contribution in [1.29, 1.82) is 0 Å². The van der Waals surface area contributed by atoms with Gasteiger partial charge in [0.2, 0.25) is 0 Å². The molecule has 0 saturated carbocycles. The van der Waals surface area contributed by atoms with Gasteiger partial charge in [-0.1, -0.05) is 48.5 Å². The van der Waals surface area contributed by atoms with E-state index in [9.17, 15) is 0 Å². The average Bonchev–Trinajstić information content (AvgIpc) is 2.80. The van der Waals surface area contributed by atoms with E-state index in [1.807, 2.05) is 25.1 Å². The van der Waals surface area contributed by atoms with E-state index in [0.717, 1.165) is 56.7 Å². The van der Waals surface area contributed by atoms with E-state index in [1.54, 1.807) is 0 Å². The number of benzene rings is 2. The van der Waals surface area contributed by atoms with E-state index in [1.165, 1.54) is 5.56 Å². The van der Waals surface area contributed by atoms with Crippen molar-refractivity contribution in [2.24, 2.45) is 4.99 Å². The molecular weight excluding hydrogens is 376 g/mol. The molecular formula is C24H34N4O2. The molecule has 1 heterocycles. The zero-order chi connectivity index (χ0) is 21.0. The number of ether oxygens (including phenoxy) is 2. The maximum atomic E-state index is 5.74. The van der Waals surface area contributed by atoms with E-state index in [0.29, 0.717) is 13.2 Å². The summed E-state index contributed by atoms with van der Waals surface area (Å²) in [6.07, 6.45) is 0. The second-order valence-electron chi connectivity index (χ2n) is 7.19. The highest BCUT2D eigenvalue weighted by Gasteiger charge is 2.22. The summed E-state index contributed by atoms with van der Waals surface area (Å²) in [7, 11) is 0. The Morgan fingerprint density at radius 1 is 1.03 bits per heavy atom. The van der Waals surface area contributed by atoms with E-state index < -0.39 is 0 Å². The lowest BCUT2D eigenvalue weighted by atomic mass is 10.0. The molecule has 30 heavy (non-hydrogen) atoms. The van der Waals surface area contributed by atoms with Crippen molar-refractivity contribution in [2.45, 2.75) is 26.4 Å². The van der Waals surface area contributed by atoms with Gasteiger partial charge in [-0.25, -0.2) is 4.99 Å². The minimum absolute atomic E-state index is 0.273. The van der Waals surface area contributed by atoms with Crippen LogP contribution in [0.3, 0.4) is 0 Å². The number of hydrogen-bond acceptors (Lipinski definition) is 4. The van der Waals surface area contributed by atoms with E-state index in [4.69, 9.17) is 14.5 Å². The van der Waals surface area contributed by atoms with Gasteiger partial charge in [0.15, 0.2) is 5.96 Å². The van der Waals surface area contributed by atoms with Crippen molar-refractivity contribution >= 4 is 5.96 Å². The van der Waals surface area contributed by atoms with E-state index in [-0.39, 0.29) is 6.04 Å². The lowest BCUT2D eigenvalue weighted by Gasteiger charge is -2.35. The standard InChI is InChI=1S/C24H34N4O2/c1-3-25-24(26-18-21-12-8-9-13-23(21)30-4-2)27-19-22(20-10-6-5-7-11-20)28-14-16-29-17-15-28/h5-13,22H,3-4,14-19H2,1-2H3,(H2,25,26,27). The number of nitrogens with one attached hydrogen (secondary N) is 2. The molecule has 2 aromatic rings. The molecule has 2 N–H and O–H groups in total. The third kappa shape index (κ3) is 6.47. The van der Waals surface area contributed by atoms with Crippen molar-refractivity contribution in [3.05, 3.63) is 65.7 Å². The molecule has 1 saturated heterocycles. The molecule has 1 aliphatic rings. The summed E-state index contributed by atoms with van der Waals surface area (Å²) in [5.41, 5.74) is 2.40. The van der Waals surface area contributed by atoms with Crippen molar-refractivity contribution < 1.29 is 9.47 Å². The molecule has 0 radical (unpaired) electrons. The smallest absolute Gasteiger partial charge is 0.191 e. The fourth-order valence-electron chi connectivity index (χ4n) is 3.65. The third-order valence-electron chi connectivity index (χ3n) is 5.16. The summed E-state index contributed by atoms with van der Waals surface area (Å²) in [5.74, 6) is 1.72. The van der Waals surface area contributed by atoms with Crippen LogP contribution in [0.4, 0.5) is 0 Å². The van der Waals surface area contributed by atoms with Gasteiger partial charge in [0.1, 0.15) is 5.75 Å². The third-order valence-corrected chi connectivity index (χ3v) is 5.16. The molecule has 1 atom stereocenters. The van der Waals surface area contributed by atoms with Crippen molar-refractivity contribution in [3.63, 3.8) is 0 Å². The number of nitrogens with zero attached hydrogens (tertiary/aromatic N) is 2. The van der Waals surface area contributed by atoms with Gasteiger partial charge < -0.3 is 20.1 Å². The zero-order valence-corrected chi connectivity index (χ0v) is 18.1. The Hall–Kier alpha value is -2.57. The highest BCUT2D eigenvalue weighted by Crippen LogP contribution is 2.21. The van der Waals surface area contributed by atoms with Crippen LogP contribution in [-0.2, 0) is 11.3 Å². The molecule has 162 valence electrons. The molecule has 0 bridgehead atoms. The predicted molar refractivity (Wildman–Crippen MR) is 122 cm³/mol. The van der Waals surface area contributed by atoms with Gasteiger partial charge in [0.25, 0.3) is 0 Å². The van der Waals surface area contributed by atoms with Crippen LogP contribution in [-0.4, -0.2) is 56.9 Å². The van der Waals surface area contributed by atoms with Gasteiger partial charge >= 0.3 is 0 Å². The lowest BCUT2D eigenvalue weighted by Crippen LogP contribution is -2.46. The molecule has 2 aromatic carbocycles. The number of guanidine groups is 1. The van der Waals surface area contributed by atoms with E-state index >= 15 is 0 Å². The Kier molecular flexibility index (Phi) is 9.00. The largest absolute Gasteiger partial charge is 0.494 e. The van der Waals surface area contributed by atoms with Crippen LogP contribution in [0.15, 0.2) is 59.6 Å². The molecule has 1 fully saturated rings. The van der Waals surface area contributed by atoms with Gasteiger partial charge in [0, 0.05) is 31.7 Å². The van der Waals surface area contributed by atoms with Crippen LogP contribution in [0.5, 0.6) is 5.75 Å². The molecule has 0 aromatic heterocycles. The molecule has 1 unspecified atom stereocenters. The maximum Gasteiger partial charge on any atom is 0.191 e. The summed E-state index contributed by atoms with van der Waals surface area (Å²) in [5, 5.41) is 6.92. The minimum atomic E-state index is 0.273. The highest BCUT2D eigenvalue weighted by atomic mass is 16.5. The van der Waals surface area contributed by atoms with Gasteiger partial charge in [-0.15, -0.1) is 0 Å². The molecule has 1 aliphatic heterocycles. The molecule has 0 aliphatic carbocycles. The lowest BCUT2D eigenvalue weighted by molar-refractivity contribution is 0.0170. The SMILES string of the molecule is CCNC(=NCc1ccccc1OCC)NCC(c1ccccc1)N1CCOCC1. The fourth-order valence-corrected chi connectivity index (χ4v) is 3.65. The Balaban J connectivity index is 1.70. The van der Waals surface area contributed by atoms with Crippen LogP contribution >= 0.6 is 0 Å². The Morgan fingerprint density at radius 3 is 2.50 bits per heavy atom. The molecule has 6 nitrogen and oxygen atoms in total. The van der Waals surface area contributed by atoms with Gasteiger partial charge in [0.05, 0.1) is 32.4 Å². The molecule has 6 heteroatoms. The normalized spacial score (nSPS) is 16.1.